The predicted octanol–water partition coefficient (Wildman–Crippen LogP) is 4.75. The van der Waals surface area contributed by atoms with Crippen LogP contribution < -0.4 is 10.1 Å². The van der Waals surface area contributed by atoms with Crippen LogP contribution in [0.3, 0.4) is 0 Å². The summed E-state index contributed by atoms with van der Waals surface area (Å²) in [6.45, 7) is 7.56. The quantitative estimate of drug-likeness (QED) is 0.467. The van der Waals surface area contributed by atoms with Crippen molar-refractivity contribution in [2.24, 2.45) is 5.16 Å². The predicted molar refractivity (Wildman–Crippen MR) is 114 cm³/mol. The molecule has 2 N–H and O–H groups in total. The summed E-state index contributed by atoms with van der Waals surface area (Å²) >= 11 is 0. The number of allylic oxidation sites excluding steroid dienone is 1. The number of imidazole rings is 1. The van der Waals surface area contributed by atoms with E-state index in [1.165, 1.54) is 18.2 Å². The second kappa shape index (κ2) is 7.68. The lowest BCUT2D eigenvalue weighted by atomic mass is 9.92. The molecule has 3 heterocycles. The van der Waals surface area contributed by atoms with Crippen LogP contribution in [0.1, 0.15) is 42.8 Å². The van der Waals surface area contributed by atoms with Gasteiger partial charge in [0, 0.05) is 18.2 Å². The normalized spacial score (nSPS) is 17.0. The second-order valence-corrected chi connectivity index (χ2v) is 8.45. The van der Waals surface area contributed by atoms with Crippen LogP contribution in [0.2, 0.25) is 0 Å². The van der Waals surface area contributed by atoms with Gasteiger partial charge in [-0.1, -0.05) is 11.2 Å². The van der Waals surface area contributed by atoms with E-state index < -0.39 is 11.6 Å². The molecule has 4 rings (SSSR count). The Bertz CT molecular complexity index is 1210. The van der Waals surface area contributed by atoms with Crippen molar-refractivity contribution in [3.05, 3.63) is 70.7 Å². The fourth-order valence-electron chi connectivity index (χ4n) is 3.92. The van der Waals surface area contributed by atoms with Crippen molar-refractivity contribution in [1.82, 2.24) is 14.7 Å². The Labute approximate surface area is 178 Å². The Balaban J connectivity index is 1.78. The van der Waals surface area contributed by atoms with Crippen LogP contribution in [-0.4, -0.2) is 25.8 Å². The average molecular weight is 426 g/mol. The number of rotatable bonds is 4. The minimum absolute atomic E-state index is 0.132. The Kier molecular flexibility index (Phi) is 5.16. The van der Waals surface area contributed by atoms with Gasteiger partial charge in [-0.25, -0.2) is 13.8 Å². The molecule has 0 amide bonds. The van der Waals surface area contributed by atoms with Crippen molar-refractivity contribution in [3.8, 4) is 5.75 Å². The maximum absolute atomic E-state index is 14.0. The molecule has 0 unspecified atom stereocenters. The summed E-state index contributed by atoms with van der Waals surface area (Å²) in [4.78, 5) is 4.65. The van der Waals surface area contributed by atoms with E-state index in [-0.39, 0.29) is 17.7 Å². The first kappa shape index (κ1) is 20.8. The van der Waals surface area contributed by atoms with Crippen molar-refractivity contribution in [2.75, 3.05) is 0 Å². The highest BCUT2D eigenvalue weighted by Gasteiger charge is 2.29. The molecule has 0 radical (unpaired) electrons. The Hall–Kier alpha value is -3.42. The minimum atomic E-state index is -0.654. The average Bonchev–Trinajstić information content (AvgIpc) is 3.02. The molecule has 2 aromatic heterocycles. The summed E-state index contributed by atoms with van der Waals surface area (Å²) in [6, 6.07) is 5.51. The van der Waals surface area contributed by atoms with Gasteiger partial charge in [0.2, 0.25) is 0 Å². The fraction of sp³-hybridized carbons (Fsp3) is 0.304. The lowest BCUT2D eigenvalue weighted by molar-refractivity contribution is 0.294. The number of ether oxygens (including phenoxy) is 1. The highest BCUT2D eigenvalue weighted by atomic mass is 19.1. The topological polar surface area (TPSA) is 71.2 Å². The van der Waals surface area contributed by atoms with E-state index in [1.807, 2.05) is 38.3 Å². The van der Waals surface area contributed by atoms with Gasteiger partial charge in [0.1, 0.15) is 18.2 Å². The van der Waals surface area contributed by atoms with E-state index in [1.54, 1.807) is 12.1 Å². The Morgan fingerprint density at radius 1 is 1.26 bits per heavy atom. The molecule has 0 aliphatic carbocycles. The monoisotopic (exact) mass is 426 g/mol. The van der Waals surface area contributed by atoms with E-state index in [9.17, 15) is 14.0 Å². The lowest BCUT2D eigenvalue weighted by Gasteiger charge is -2.32. The van der Waals surface area contributed by atoms with Gasteiger partial charge < -0.3 is 15.3 Å². The van der Waals surface area contributed by atoms with Crippen molar-refractivity contribution in [3.63, 3.8) is 0 Å². The lowest BCUT2D eigenvalue weighted by Crippen LogP contribution is -2.43. The van der Waals surface area contributed by atoms with Gasteiger partial charge in [-0.2, -0.15) is 0 Å². The van der Waals surface area contributed by atoms with Crippen molar-refractivity contribution >= 4 is 17.1 Å². The van der Waals surface area contributed by atoms with Gasteiger partial charge in [-0.05, 0) is 57.5 Å². The maximum Gasteiger partial charge on any atom is 0.180 e. The van der Waals surface area contributed by atoms with E-state index in [0.29, 0.717) is 23.5 Å². The van der Waals surface area contributed by atoms with Crippen LogP contribution in [0.25, 0.3) is 11.3 Å². The van der Waals surface area contributed by atoms with Gasteiger partial charge in [-0.3, -0.25) is 4.40 Å². The number of hydrogen-bond acceptors (Lipinski definition) is 5. The van der Waals surface area contributed by atoms with Crippen LogP contribution >= 0.6 is 0 Å². The minimum Gasteiger partial charge on any atom is -0.485 e. The van der Waals surface area contributed by atoms with E-state index in [0.717, 1.165) is 22.6 Å². The Morgan fingerprint density at radius 3 is 2.65 bits per heavy atom. The molecule has 31 heavy (non-hydrogen) atoms. The van der Waals surface area contributed by atoms with Crippen LogP contribution in [0.15, 0.2) is 41.7 Å². The summed E-state index contributed by atoms with van der Waals surface area (Å²) in [6.07, 6.45) is 4.28. The first-order chi connectivity index (χ1) is 14.7. The number of hydrogen-bond donors (Lipinski definition) is 2. The molecule has 0 saturated heterocycles. The van der Waals surface area contributed by atoms with E-state index in [4.69, 9.17) is 4.74 Å². The zero-order valence-corrected chi connectivity index (χ0v) is 17.8. The van der Waals surface area contributed by atoms with Crippen LogP contribution in [0.4, 0.5) is 8.78 Å². The highest BCUT2D eigenvalue weighted by molar-refractivity contribution is 6.02. The van der Waals surface area contributed by atoms with Gasteiger partial charge in [0.05, 0.1) is 28.4 Å². The summed E-state index contributed by atoms with van der Waals surface area (Å²) in [5, 5.41) is 16.2. The molecule has 1 aromatic carbocycles. The van der Waals surface area contributed by atoms with Gasteiger partial charge in [-0.15, -0.1) is 0 Å². The number of nitrogens with one attached hydrogen (secondary N) is 1. The molecule has 1 aliphatic rings. The maximum atomic E-state index is 14.0. The molecule has 0 atom stereocenters. The number of nitrogens with zero attached hydrogens (tertiary/aromatic N) is 3. The number of pyridine rings is 1. The fourth-order valence-corrected chi connectivity index (χ4v) is 3.92. The number of aryl methyl sites for hydroxylation is 2. The van der Waals surface area contributed by atoms with Gasteiger partial charge in [0.15, 0.2) is 11.4 Å². The van der Waals surface area contributed by atoms with Gasteiger partial charge in [0.25, 0.3) is 0 Å². The third kappa shape index (κ3) is 3.97. The third-order valence-corrected chi connectivity index (χ3v) is 5.22. The number of fused-ring (bicyclic) bond motifs is 1. The summed E-state index contributed by atoms with van der Waals surface area (Å²) in [5.41, 5.74) is 3.85. The van der Waals surface area contributed by atoms with Crippen molar-refractivity contribution < 1.29 is 18.7 Å². The number of oxime groups is 1. The van der Waals surface area contributed by atoms with Crippen molar-refractivity contribution in [1.29, 1.82) is 0 Å². The molecule has 0 bridgehead atoms. The van der Waals surface area contributed by atoms with Crippen LogP contribution in [0.5, 0.6) is 5.75 Å². The standard InChI is InChI=1S/C23H24F2N4O2/c1-13-8-20(31-12-16-17(24)6-5-7-18(16)25)22-26-14(2)21(29(22)11-13)19-9-15(28-30)10-23(3,4)27-19/h5-9,11,27,30H,10,12H2,1-4H3/b28-15-. The first-order valence-corrected chi connectivity index (χ1v) is 9.95. The van der Waals surface area contributed by atoms with Crippen LogP contribution in [0, 0.1) is 25.5 Å². The molecule has 0 spiro atoms. The molecular weight excluding hydrogens is 402 g/mol. The number of aromatic nitrogens is 2. The van der Waals surface area contributed by atoms with Crippen LogP contribution in [-0.2, 0) is 6.61 Å². The SMILES string of the molecule is Cc1cc(OCc2c(F)cccc2F)c2nc(C)c(C3=C/C(=N/O)CC(C)(C)N3)n2c1. The largest absolute Gasteiger partial charge is 0.485 e. The van der Waals surface area contributed by atoms with Gasteiger partial charge >= 0.3 is 0 Å². The van der Waals surface area contributed by atoms with E-state index >= 15 is 0 Å². The molecule has 8 heteroatoms. The first-order valence-electron chi connectivity index (χ1n) is 9.95. The zero-order chi connectivity index (χ0) is 22.3. The third-order valence-electron chi connectivity index (χ3n) is 5.22. The number of halogens is 2. The molecule has 0 fully saturated rings. The summed E-state index contributed by atoms with van der Waals surface area (Å²) < 4.78 is 35.7. The smallest absolute Gasteiger partial charge is 0.180 e. The van der Waals surface area contributed by atoms with E-state index in [2.05, 4.69) is 15.5 Å². The highest BCUT2D eigenvalue weighted by Crippen LogP contribution is 2.31. The molecular formula is C23H24F2N4O2. The number of benzene rings is 1. The summed E-state index contributed by atoms with van der Waals surface area (Å²) in [5.74, 6) is -0.888. The molecule has 162 valence electrons. The molecule has 0 saturated carbocycles. The second-order valence-electron chi connectivity index (χ2n) is 8.45. The van der Waals surface area contributed by atoms with Crippen molar-refractivity contribution in [2.45, 2.75) is 46.3 Å². The molecule has 1 aliphatic heterocycles. The molecule has 6 nitrogen and oxygen atoms in total. The Morgan fingerprint density at radius 2 is 1.97 bits per heavy atom. The molecule has 3 aromatic rings. The zero-order valence-electron chi connectivity index (χ0n) is 17.8. The summed E-state index contributed by atoms with van der Waals surface area (Å²) in [7, 11) is 0.